The van der Waals surface area contributed by atoms with Crippen molar-refractivity contribution >= 4 is 30.6 Å². The van der Waals surface area contributed by atoms with Crippen molar-refractivity contribution in [2.75, 3.05) is 7.05 Å². The number of amides is 2. The van der Waals surface area contributed by atoms with E-state index in [0.29, 0.717) is 12.3 Å². The lowest BCUT2D eigenvalue weighted by Crippen LogP contribution is -2.57. The predicted octanol–water partition coefficient (Wildman–Crippen LogP) is 3.47. The maximum Gasteiger partial charge on any atom is 0.410 e. The third kappa shape index (κ3) is 7.89. The number of nitrogens with one attached hydrogen (secondary N) is 1. The molecule has 0 bridgehead atoms. The Kier molecular flexibility index (Phi) is 8.65. The quantitative estimate of drug-likeness (QED) is 0.552. The number of aliphatic carboxylic acids is 1. The molecule has 0 radical (unpaired) electrons. The molecule has 8 heteroatoms. The summed E-state index contributed by atoms with van der Waals surface area (Å²) >= 11 is 4.31. The summed E-state index contributed by atoms with van der Waals surface area (Å²) in [5, 5.41) is 12.1. The van der Waals surface area contributed by atoms with Crippen LogP contribution in [0.1, 0.15) is 73.1 Å². The van der Waals surface area contributed by atoms with Crippen LogP contribution in [-0.4, -0.2) is 57.5 Å². The molecule has 1 aliphatic carbocycles. The van der Waals surface area contributed by atoms with E-state index in [9.17, 15) is 19.5 Å². The Morgan fingerprint density at radius 3 is 2.11 bits per heavy atom. The van der Waals surface area contributed by atoms with Gasteiger partial charge in [0.2, 0.25) is 5.91 Å². The molecule has 0 saturated heterocycles. The van der Waals surface area contributed by atoms with E-state index >= 15 is 0 Å². The molecular formula is C20H36N2O5S. The van der Waals surface area contributed by atoms with Crippen LogP contribution in [0, 0.1) is 5.92 Å². The number of thiol groups is 1. The van der Waals surface area contributed by atoms with Crippen molar-refractivity contribution in [2.45, 2.75) is 95.6 Å². The van der Waals surface area contributed by atoms with Gasteiger partial charge in [0.15, 0.2) is 0 Å². The van der Waals surface area contributed by atoms with E-state index in [0.717, 1.165) is 25.7 Å². The summed E-state index contributed by atoms with van der Waals surface area (Å²) in [6.07, 6.45) is 5.30. The number of hydrogen-bond donors (Lipinski definition) is 3. The Bertz CT molecular complexity index is 562. The number of likely N-dealkylation sites (N-methyl/N-ethyl adjacent to an activating group) is 1. The van der Waals surface area contributed by atoms with Crippen LogP contribution in [0.5, 0.6) is 0 Å². The molecule has 2 atom stereocenters. The highest BCUT2D eigenvalue weighted by molar-refractivity contribution is 7.81. The van der Waals surface area contributed by atoms with Crippen molar-refractivity contribution in [2.24, 2.45) is 5.92 Å². The van der Waals surface area contributed by atoms with Gasteiger partial charge in [-0.1, -0.05) is 32.1 Å². The van der Waals surface area contributed by atoms with Crippen LogP contribution in [0.4, 0.5) is 4.79 Å². The predicted molar refractivity (Wildman–Crippen MR) is 112 cm³/mol. The van der Waals surface area contributed by atoms with E-state index in [1.807, 2.05) is 0 Å². The Morgan fingerprint density at radius 1 is 1.14 bits per heavy atom. The van der Waals surface area contributed by atoms with Gasteiger partial charge in [-0.2, -0.15) is 12.6 Å². The standard InChI is InChI=1S/C20H36N2O5S/c1-19(2,3)27-18(26)22(6)14(12-13-10-8-7-9-11-13)16(23)21-15(17(24)25)20(4,5)28/h13-15,28H,7-12H2,1-6H3,(H,21,23)(H,24,25)/t14-,15+/m1/s1. The maximum absolute atomic E-state index is 13.0. The lowest BCUT2D eigenvalue weighted by molar-refractivity contribution is -0.143. The largest absolute Gasteiger partial charge is 0.480 e. The van der Waals surface area contributed by atoms with Crippen LogP contribution >= 0.6 is 12.6 Å². The van der Waals surface area contributed by atoms with Crippen molar-refractivity contribution in [3.8, 4) is 0 Å². The molecule has 1 aliphatic rings. The zero-order valence-corrected chi connectivity index (χ0v) is 18.8. The van der Waals surface area contributed by atoms with Crippen LogP contribution in [0.25, 0.3) is 0 Å². The lowest BCUT2D eigenvalue weighted by Gasteiger charge is -2.35. The van der Waals surface area contributed by atoms with E-state index in [1.54, 1.807) is 34.6 Å². The molecule has 2 N–H and O–H groups in total. The molecule has 1 saturated carbocycles. The molecule has 0 unspecified atom stereocenters. The van der Waals surface area contributed by atoms with Crippen molar-refractivity contribution in [3.63, 3.8) is 0 Å². The third-order valence-corrected chi connectivity index (χ3v) is 5.23. The first-order valence-corrected chi connectivity index (χ1v) is 10.4. The molecule has 1 fully saturated rings. The highest BCUT2D eigenvalue weighted by Gasteiger charge is 2.38. The minimum Gasteiger partial charge on any atom is -0.480 e. The first kappa shape index (κ1) is 24.6. The van der Waals surface area contributed by atoms with E-state index in [4.69, 9.17) is 4.74 Å². The van der Waals surface area contributed by atoms with Gasteiger partial charge in [-0.3, -0.25) is 9.69 Å². The van der Waals surface area contributed by atoms with E-state index < -0.39 is 40.4 Å². The molecule has 0 aliphatic heterocycles. The Hall–Kier alpha value is -1.44. The molecule has 0 spiro atoms. The minimum absolute atomic E-state index is 0.321. The number of ether oxygens (including phenoxy) is 1. The highest BCUT2D eigenvalue weighted by Crippen LogP contribution is 2.29. The fourth-order valence-corrected chi connectivity index (χ4v) is 3.59. The molecule has 1 rings (SSSR count). The summed E-state index contributed by atoms with van der Waals surface area (Å²) in [6, 6.07) is -1.97. The van der Waals surface area contributed by atoms with Gasteiger partial charge in [-0.25, -0.2) is 9.59 Å². The van der Waals surface area contributed by atoms with E-state index in [-0.39, 0.29) is 0 Å². The fourth-order valence-electron chi connectivity index (χ4n) is 3.42. The van der Waals surface area contributed by atoms with Gasteiger partial charge in [-0.05, 0) is 47.0 Å². The van der Waals surface area contributed by atoms with Crippen molar-refractivity contribution in [3.05, 3.63) is 0 Å². The summed E-state index contributed by atoms with van der Waals surface area (Å²) in [5.74, 6) is -1.33. The van der Waals surface area contributed by atoms with Crippen LogP contribution in [0.2, 0.25) is 0 Å². The monoisotopic (exact) mass is 416 g/mol. The molecular weight excluding hydrogens is 380 g/mol. The summed E-state index contributed by atoms with van der Waals surface area (Å²) in [7, 11) is 1.53. The minimum atomic E-state index is -1.18. The second-order valence-electron chi connectivity index (χ2n) is 9.28. The zero-order valence-electron chi connectivity index (χ0n) is 17.9. The topological polar surface area (TPSA) is 95.9 Å². The Morgan fingerprint density at radius 2 is 1.68 bits per heavy atom. The van der Waals surface area contributed by atoms with Gasteiger partial charge in [0.1, 0.15) is 17.7 Å². The second-order valence-corrected chi connectivity index (χ2v) is 10.4. The van der Waals surface area contributed by atoms with Gasteiger partial charge in [-0.15, -0.1) is 0 Å². The number of carbonyl (C=O) groups is 3. The first-order chi connectivity index (χ1) is 12.7. The lowest BCUT2D eigenvalue weighted by atomic mass is 9.84. The molecule has 0 aromatic heterocycles. The van der Waals surface area contributed by atoms with Crippen LogP contribution in [0.3, 0.4) is 0 Å². The average molecular weight is 417 g/mol. The van der Waals surface area contributed by atoms with E-state index in [2.05, 4.69) is 17.9 Å². The van der Waals surface area contributed by atoms with E-state index in [1.165, 1.54) is 18.4 Å². The van der Waals surface area contributed by atoms with Crippen molar-refractivity contribution in [1.82, 2.24) is 10.2 Å². The van der Waals surface area contributed by atoms with Gasteiger partial charge < -0.3 is 15.2 Å². The van der Waals surface area contributed by atoms with Crippen LogP contribution in [-0.2, 0) is 14.3 Å². The van der Waals surface area contributed by atoms with Crippen molar-refractivity contribution in [1.29, 1.82) is 0 Å². The molecule has 162 valence electrons. The maximum atomic E-state index is 13.0. The van der Waals surface area contributed by atoms with Crippen LogP contribution < -0.4 is 5.32 Å². The molecule has 28 heavy (non-hydrogen) atoms. The second kappa shape index (κ2) is 9.85. The summed E-state index contributed by atoms with van der Waals surface area (Å²) in [5.41, 5.74) is -0.687. The first-order valence-electron chi connectivity index (χ1n) is 9.93. The van der Waals surface area contributed by atoms with Crippen molar-refractivity contribution < 1.29 is 24.2 Å². The smallest absolute Gasteiger partial charge is 0.410 e. The number of hydrogen-bond acceptors (Lipinski definition) is 5. The Labute approximate surface area is 174 Å². The SMILES string of the molecule is CN(C(=O)OC(C)(C)C)[C@H](CC1CCCCC1)C(=O)N[C@@H](C(=O)O)C(C)(C)S. The molecule has 0 aromatic carbocycles. The molecule has 7 nitrogen and oxygen atoms in total. The molecule has 2 amide bonds. The summed E-state index contributed by atoms with van der Waals surface area (Å²) in [4.78, 5) is 38.5. The number of carbonyl (C=O) groups excluding carboxylic acids is 2. The van der Waals surface area contributed by atoms with Gasteiger partial charge in [0.05, 0.1) is 0 Å². The number of nitrogens with zero attached hydrogens (tertiary/aromatic N) is 1. The third-order valence-electron chi connectivity index (χ3n) is 4.97. The average Bonchev–Trinajstić information content (AvgIpc) is 2.54. The van der Waals surface area contributed by atoms with Gasteiger partial charge >= 0.3 is 12.1 Å². The highest BCUT2D eigenvalue weighted by atomic mass is 32.1. The molecule has 0 aromatic rings. The fraction of sp³-hybridized carbons (Fsp3) is 0.850. The zero-order chi connectivity index (χ0) is 21.7. The number of rotatable bonds is 7. The number of carboxylic acids is 1. The van der Waals surface area contributed by atoms with Gasteiger partial charge in [0, 0.05) is 11.8 Å². The van der Waals surface area contributed by atoms with Gasteiger partial charge in [0.25, 0.3) is 0 Å². The normalized spacial score (nSPS) is 18.1. The summed E-state index contributed by atoms with van der Waals surface area (Å²) < 4.78 is 4.46. The Balaban J connectivity index is 3.02. The van der Waals surface area contributed by atoms with Crippen LogP contribution in [0.15, 0.2) is 0 Å². The molecule has 0 heterocycles. The summed E-state index contributed by atoms with van der Waals surface area (Å²) in [6.45, 7) is 8.54. The number of carboxylic acid groups (broad SMARTS) is 1.